The van der Waals surface area contributed by atoms with Crippen LogP contribution in [-0.2, 0) is 0 Å². The van der Waals surface area contributed by atoms with Crippen LogP contribution >= 0.6 is 0 Å². The van der Waals surface area contributed by atoms with E-state index in [9.17, 15) is 0 Å². The Balaban J connectivity index is 1.91. The van der Waals surface area contributed by atoms with Crippen molar-refractivity contribution in [3.63, 3.8) is 0 Å². The predicted octanol–water partition coefficient (Wildman–Crippen LogP) is 6.51. The van der Waals surface area contributed by atoms with Gasteiger partial charge in [0, 0.05) is 5.39 Å². The highest BCUT2D eigenvalue weighted by molar-refractivity contribution is 6.04. The first-order chi connectivity index (χ1) is 14.2. The van der Waals surface area contributed by atoms with Crippen molar-refractivity contribution in [2.45, 2.75) is 6.92 Å². The van der Waals surface area contributed by atoms with E-state index in [1.54, 1.807) is 21.3 Å². The van der Waals surface area contributed by atoms with Gasteiger partial charge in [-0.15, -0.1) is 0 Å². The zero-order chi connectivity index (χ0) is 20.4. The first-order valence-electron chi connectivity index (χ1n) is 9.56. The number of fused-ring (bicyclic) bond motifs is 1. The third kappa shape index (κ3) is 3.29. The Morgan fingerprint density at radius 3 is 1.83 bits per heavy atom. The smallest absolute Gasteiger partial charge is 0.203 e. The number of hydrogen-bond acceptors (Lipinski definition) is 3. The number of aryl methyl sites for hydroxylation is 1. The quantitative estimate of drug-likeness (QED) is 0.393. The summed E-state index contributed by atoms with van der Waals surface area (Å²) >= 11 is 0. The molecule has 146 valence electrons. The van der Waals surface area contributed by atoms with E-state index in [0.717, 1.165) is 27.5 Å². The van der Waals surface area contributed by atoms with Gasteiger partial charge in [-0.3, -0.25) is 0 Å². The zero-order valence-corrected chi connectivity index (χ0v) is 17.2. The van der Waals surface area contributed by atoms with Crippen LogP contribution in [0, 0.1) is 6.92 Å². The predicted molar refractivity (Wildman–Crippen MR) is 119 cm³/mol. The van der Waals surface area contributed by atoms with Crippen LogP contribution in [0.2, 0.25) is 0 Å². The van der Waals surface area contributed by atoms with Crippen molar-refractivity contribution in [3.8, 4) is 39.5 Å². The van der Waals surface area contributed by atoms with Crippen LogP contribution in [0.25, 0.3) is 33.0 Å². The summed E-state index contributed by atoms with van der Waals surface area (Å²) in [6.07, 6.45) is 0. The Kier molecular flexibility index (Phi) is 5.13. The highest BCUT2D eigenvalue weighted by Gasteiger charge is 2.19. The first-order valence-corrected chi connectivity index (χ1v) is 9.56. The first kappa shape index (κ1) is 18.9. The lowest BCUT2D eigenvalue weighted by atomic mass is 9.93. The molecule has 0 saturated carbocycles. The molecule has 0 saturated heterocycles. The molecule has 0 amide bonds. The molecule has 3 nitrogen and oxygen atoms in total. The van der Waals surface area contributed by atoms with Crippen molar-refractivity contribution < 1.29 is 14.2 Å². The lowest BCUT2D eigenvalue weighted by Crippen LogP contribution is -1.98. The maximum absolute atomic E-state index is 5.74. The summed E-state index contributed by atoms with van der Waals surface area (Å²) in [5.74, 6) is 1.97. The molecular weight excluding hydrogens is 360 g/mol. The molecule has 0 spiro atoms. The average Bonchev–Trinajstić information content (AvgIpc) is 2.78. The van der Waals surface area contributed by atoms with Crippen LogP contribution < -0.4 is 14.2 Å². The molecule has 29 heavy (non-hydrogen) atoms. The van der Waals surface area contributed by atoms with E-state index in [0.29, 0.717) is 17.2 Å². The van der Waals surface area contributed by atoms with Gasteiger partial charge in [0.25, 0.3) is 0 Å². The number of ether oxygens (including phenoxy) is 3. The molecule has 0 bridgehead atoms. The molecule has 0 aromatic heterocycles. The van der Waals surface area contributed by atoms with Crippen LogP contribution in [-0.4, -0.2) is 21.3 Å². The Hall–Kier alpha value is -3.46. The second kappa shape index (κ2) is 7.88. The molecule has 0 unspecified atom stereocenters. The Labute approximate surface area is 171 Å². The van der Waals surface area contributed by atoms with Gasteiger partial charge in [0.15, 0.2) is 11.5 Å². The standard InChI is InChI=1S/C26H24O3/c1-17-10-15-21(20-13-11-19(12-14-20)18-8-6-5-7-9-18)22-16-23(27-2)25(28-3)26(29-4)24(17)22/h5-16H,1-4H3. The average molecular weight is 384 g/mol. The Morgan fingerprint density at radius 2 is 1.21 bits per heavy atom. The van der Waals surface area contributed by atoms with Gasteiger partial charge in [0.1, 0.15) is 0 Å². The van der Waals surface area contributed by atoms with E-state index in [1.165, 1.54) is 11.1 Å². The number of hydrogen-bond donors (Lipinski definition) is 0. The molecule has 0 fully saturated rings. The highest BCUT2D eigenvalue weighted by Crippen LogP contribution is 2.47. The molecule has 0 atom stereocenters. The fourth-order valence-electron chi connectivity index (χ4n) is 3.87. The lowest BCUT2D eigenvalue weighted by Gasteiger charge is -2.18. The van der Waals surface area contributed by atoms with E-state index in [2.05, 4.69) is 67.6 Å². The molecular formula is C26H24O3. The number of methoxy groups -OCH3 is 3. The molecule has 3 heteroatoms. The molecule has 0 heterocycles. The lowest BCUT2D eigenvalue weighted by molar-refractivity contribution is 0.327. The van der Waals surface area contributed by atoms with E-state index >= 15 is 0 Å². The van der Waals surface area contributed by atoms with Crippen molar-refractivity contribution in [3.05, 3.63) is 78.4 Å². The third-order valence-corrected chi connectivity index (χ3v) is 5.32. The maximum Gasteiger partial charge on any atom is 0.203 e. The van der Waals surface area contributed by atoms with Crippen LogP contribution in [0.1, 0.15) is 5.56 Å². The minimum atomic E-state index is 0.613. The summed E-state index contributed by atoms with van der Waals surface area (Å²) in [5, 5.41) is 2.11. The fraction of sp³-hybridized carbons (Fsp3) is 0.154. The second-order valence-corrected chi connectivity index (χ2v) is 6.94. The normalized spacial score (nSPS) is 10.8. The fourth-order valence-corrected chi connectivity index (χ4v) is 3.87. The Bertz CT molecular complexity index is 1150. The van der Waals surface area contributed by atoms with E-state index in [-0.39, 0.29) is 0 Å². The van der Waals surface area contributed by atoms with Crippen molar-refractivity contribution in [1.82, 2.24) is 0 Å². The van der Waals surface area contributed by atoms with Crippen LogP contribution in [0.4, 0.5) is 0 Å². The van der Waals surface area contributed by atoms with Crippen molar-refractivity contribution in [2.75, 3.05) is 21.3 Å². The summed E-state index contributed by atoms with van der Waals surface area (Å²) in [4.78, 5) is 0. The minimum absolute atomic E-state index is 0.613. The highest BCUT2D eigenvalue weighted by atomic mass is 16.5. The topological polar surface area (TPSA) is 27.7 Å². The molecule has 0 N–H and O–H groups in total. The third-order valence-electron chi connectivity index (χ3n) is 5.32. The second-order valence-electron chi connectivity index (χ2n) is 6.94. The van der Waals surface area contributed by atoms with Gasteiger partial charge in [0.2, 0.25) is 5.75 Å². The van der Waals surface area contributed by atoms with Gasteiger partial charge in [-0.1, -0.05) is 66.7 Å². The SMILES string of the molecule is COc1cc2c(-c3ccc(-c4ccccc4)cc3)ccc(C)c2c(OC)c1OC. The van der Waals surface area contributed by atoms with E-state index in [4.69, 9.17) is 14.2 Å². The molecule has 0 aliphatic heterocycles. The maximum atomic E-state index is 5.74. The monoisotopic (exact) mass is 384 g/mol. The molecule has 4 rings (SSSR count). The van der Waals surface area contributed by atoms with Gasteiger partial charge < -0.3 is 14.2 Å². The number of rotatable bonds is 5. The molecule has 4 aromatic carbocycles. The number of benzene rings is 4. The summed E-state index contributed by atoms with van der Waals surface area (Å²) in [6.45, 7) is 2.08. The summed E-state index contributed by atoms with van der Waals surface area (Å²) in [6, 6.07) is 25.4. The summed E-state index contributed by atoms with van der Waals surface area (Å²) in [7, 11) is 4.94. The Morgan fingerprint density at radius 1 is 0.586 bits per heavy atom. The zero-order valence-electron chi connectivity index (χ0n) is 17.2. The van der Waals surface area contributed by atoms with Crippen molar-refractivity contribution >= 4 is 10.8 Å². The largest absolute Gasteiger partial charge is 0.493 e. The van der Waals surface area contributed by atoms with Crippen molar-refractivity contribution in [1.29, 1.82) is 0 Å². The van der Waals surface area contributed by atoms with E-state index in [1.807, 2.05) is 12.1 Å². The van der Waals surface area contributed by atoms with Crippen LogP contribution in [0.15, 0.2) is 72.8 Å². The molecule has 0 aliphatic carbocycles. The van der Waals surface area contributed by atoms with Gasteiger partial charge in [-0.2, -0.15) is 0 Å². The van der Waals surface area contributed by atoms with Crippen LogP contribution in [0.3, 0.4) is 0 Å². The molecule has 0 aliphatic rings. The summed E-state index contributed by atoms with van der Waals surface area (Å²) < 4.78 is 16.9. The van der Waals surface area contributed by atoms with Gasteiger partial charge in [-0.05, 0) is 46.2 Å². The summed E-state index contributed by atoms with van der Waals surface area (Å²) in [5.41, 5.74) is 5.80. The van der Waals surface area contributed by atoms with Crippen molar-refractivity contribution in [2.24, 2.45) is 0 Å². The minimum Gasteiger partial charge on any atom is -0.493 e. The van der Waals surface area contributed by atoms with Gasteiger partial charge >= 0.3 is 0 Å². The molecule has 0 radical (unpaired) electrons. The van der Waals surface area contributed by atoms with Gasteiger partial charge in [-0.25, -0.2) is 0 Å². The van der Waals surface area contributed by atoms with Crippen LogP contribution in [0.5, 0.6) is 17.2 Å². The van der Waals surface area contributed by atoms with E-state index < -0.39 is 0 Å². The van der Waals surface area contributed by atoms with Gasteiger partial charge in [0.05, 0.1) is 21.3 Å². The molecule has 4 aromatic rings.